The first-order valence-electron chi connectivity index (χ1n) is 15.2. The van der Waals surface area contributed by atoms with Crippen LogP contribution in [0.3, 0.4) is 0 Å². The smallest absolute Gasteiger partial charge is 0.0697 e. The van der Waals surface area contributed by atoms with Crippen LogP contribution in [0.2, 0.25) is 0 Å². The molecule has 6 atom stereocenters. The van der Waals surface area contributed by atoms with Gasteiger partial charge in [-0.15, -0.1) is 0 Å². The van der Waals surface area contributed by atoms with Crippen LogP contribution in [-0.4, -0.2) is 30.6 Å². The number of hydrogen-bond acceptors (Lipinski definition) is 4. The largest absolute Gasteiger partial charge is 0.391 e. The molecule has 4 nitrogen and oxygen atoms in total. The molecule has 0 amide bonds. The molecule has 6 aliphatic rings. The summed E-state index contributed by atoms with van der Waals surface area (Å²) in [5.74, 6) is 2.67. The minimum Gasteiger partial charge on any atom is -0.391 e. The highest BCUT2D eigenvalue weighted by Crippen LogP contribution is 2.40. The van der Waals surface area contributed by atoms with Gasteiger partial charge in [-0.2, -0.15) is 5.26 Å². The van der Waals surface area contributed by atoms with Crippen LogP contribution in [0.25, 0.3) is 0 Å². The summed E-state index contributed by atoms with van der Waals surface area (Å²) in [6, 6.07) is 2.92. The Bertz CT molecular complexity index is 1130. The van der Waals surface area contributed by atoms with Crippen molar-refractivity contribution in [1.29, 1.82) is 5.26 Å². The van der Waals surface area contributed by atoms with Gasteiger partial charge in [-0.1, -0.05) is 59.8 Å². The third-order valence-corrected chi connectivity index (χ3v) is 9.81. The van der Waals surface area contributed by atoms with E-state index >= 15 is 0 Å². The van der Waals surface area contributed by atoms with Crippen molar-refractivity contribution in [2.45, 2.75) is 70.3 Å². The van der Waals surface area contributed by atoms with Crippen molar-refractivity contribution in [3.8, 4) is 6.07 Å². The average molecular weight is 509 g/mol. The van der Waals surface area contributed by atoms with Gasteiger partial charge < -0.3 is 15.5 Å². The Morgan fingerprint density at radius 1 is 0.868 bits per heavy atom. The lowest BCUT2D eigenvalue weighted by atomic mass is 9.78. The third kappa shape index (κ3) is 5.64. The Morgan fingerprint density at radius 3 is 2.53 bits per heavy atom. The third-order valence-electron chi connectivity index (χ3n) is 9.81. The molecule has 0 fully saturated rings. The van der Waals surface area contributed by atoms with E-state index in [9.17, 15) is 5.26 Å². The zero-order chi connectivity index (χ0) is 25.7. The molecule has 0 aromatic heterocycles. The molecule has 0 saturated heterocycles. The van der Waals surface area contributed by atoms with Crippen LogP contribution in [0.1, 0.15) is 64.2 Å². The van der Waals surface area contributed by atoms with E-state index in [1.54, 1.807) is 5.57 Å². The fourth-order valence-corrected chi connectivity index (χ4v) is 7.56. The van der Waals surface area contributed by atoms with Gasteiger partial charge in [-0.05, 0) is 94.2 Å². The number of rotatable bonds is 6. The van der Waals surface area contributed by atoms with Gasteiger partial charge in [0.25, 0.3) is 0 Å². The summed E-state index contributed by atoms with van der Waals surface area (Å²) in [6.07, 6.45) is 35.9. The summed E-state index contributed by atoms with van der Waals surface area (Å²) in [5, 5.41) is 16.3. The second kappa shape index (κ2) is 12.0. The number of nitriles is 1. The molecular weight excluding hydrogens is 464 g/mol. The topological polar surface area (TPSA) is 51.1 Å². The predicted octanol–water partition coefficient (Wildman–Crippen LogP) is 6.67. The van der Waals surface area contributed by atoms with E-state index in [1.165, 1.54) is 55.5 Å². The molecule has 2 N–H and O–H groups in total. The molecule has 2 heterocycles. The van der Waals surface area contributed by atoms with Gasteiger partial charge in [0.15, 0.2) is 0 Å². The minimum absolute atomic E-state index is 0.106. The van der Waals surface area contributed by atoms with Crippen molar-refractivity contribution in [1.82, 2.24) is 15.5 Å². The van der Waals surface area contributed by atoms with Gasteiger partial charge in [0.05, 0.1) is 18.0 Å². The Hall–Kier alpha value is -2.77. The normalized spacial score (nSPS) is 34.9. The molecule has 0 bridgehead atoms. The van der Waals surface area contributed by atoms with E-state index in [1.807, 2.05) is 0 Å². The maximum absolute atomic E-state index is 9.44. The molecule has 0 radical (unpaired) electrons. The van der Waals surface area contributed by atoms with Crippen molar-refractivity contribution in [3.63, 3.8) is 0 Å². The van der Waals surface area contributed by atoms with Gasteiger partial charge >= 0.3 is 0 Å². The highest BCUT2D eigenvalue weighted by Gasteiger charge is 2.31. The number of allylic oxidation sites excluding steroid dienone is 9. The average Bonchev–Trinajstić information content (AvgIpc) is 3.54. The Balaban J connectivity index is 1.21. The zero-order valence-electron chi connectivity index (χ0n) is 22.8. The highest BCUT2D eigenvalue weighted by molar-refractivity contribution is 5.35. The van der Waals surface area contributed by atoms with Crippen LogP contribution >= 0.6 is 0 Å². The van der Waals surface area contributed by atoms with Gasteiger partial charge in [-0.25, -0.2) is 0 Å². The Morgan fingerprint density at radius 2 is 1.84 bits per heavy atom. The van der Waals surface area contributed by atoms with Gasteiger partial charge in [-0.3, -0.25) is 0 Å². The van der Waals surface area contributed by atoms with E-state index in [2.05, 4.69) is 82.5 Å². The molecule has 6 unspecified atom stereocenters. The Kier molecular flexibility index (Phi) is 8.02. The molecule has 6 rings (SSSR count). The van der Waals surface area contributed by atoms with Gasteiger partial charge in [0.2, 0.25) is 0 Å². The summed E-state index contributed by atoms with van der Waals surface area (Å²) in [7, 11) is 0. The van der Waals surface area contributed by atoms with Crippen molar-refractivity contribution in [2.24, 2.45) is 29.6 Å². The maximum Gasteiger partial charge on any atom is 0.0697 e. The Labute approximate surface area is 229 Å². The number of nitrogens with zero attached hydrogens (tertiary/aromatic N) is 2. The monoisotopic (exact) mass is 508 g/mol. The standard InChI is InChI=1S/C34H44N4/c35-23-25-2-1-3-30(22-25)27-6-12-33(13-7-27)38(34-14-8-28(9-15-34)31-18-21-37-24-31)32-10-4-26(5-11-32)29-16-19-36-20-17-29/h6,8,10,12-14,16,18-19,22,25-29,34,36-37H,1-5,7,9,11,15,17,20-21,24H2. The summed E-state index contributed by atoms with van der Waals surface area (Å²) >= 11 is 0. The number of nitrogens with one attached hydrogen (secondary N) is 2. The van der Waals surface area contributed by atoms with E-state index in [0.717, 1.165) is 57.2 Å². The molecule has 38 heavy (non-hydrogen) atoms. The lowest BCUT2D eigenvalue weighted by Gasteiger charge is -2.41. The highest BCUT2D eigenvalue weighted by atomic mass is 15.2. The first-order valence-corrected chi connectivity index (χ1v) is 15.2. The van der Waals surface area contributed by atoms with Crippen LogP contribution in [0.15, 0.2) is 83.4 Å². The second-order valence-electron chi connectivity index (χ2n) is 12.1. The first-order chi connectivity index (χ1) is 18.8. The van der Waals surface area contributed by atoms with E-state index in [-0.39, 0.29) is 5.92 Å². The molecule has 0 spiro atoms. The maximum atomic E-state index is 9.44. The molecular formula is C34H44N4. The van der Waals surface area contributed by atoms with E-state index < -0.39 is 0 Å². The fraction of sp³-hybridized carbons (Fsp3) is 0.559. The van der Waals surface area contributed by atoms with Crippen molar-refractivity contribution >= 4 is 0 Å². The van der Waals surface area contributed by atoms with Crippen LogP contribution in [-0.2, 0) is 0 Å². The fourth-order valence-electron chi connectivity index (χ4n) is 7.56. The van der Waals surface area contributed by atoms with Crippen molar-refractivity contribution in [2.75, 3.05) is 19.6 Å². The first kappa shape index (κ1) is 25.5. The molecule has 4 aliphatic carbocycles. The van der Waals surface area contributed by atoms with E-state index in [4.69, 9.17) is 0 Å². The lowest BCUT2D eigenvalue weighted by molar-refractivity contribution is 0.274. The van der Waals surface area contributed by atoms with Gasteiger partial charge in [0, 0.05) is 36.9 Å². The van der Waals surface area contributed by atoms with Crippen LogP contribution in [0.4, 0.5) is 0 Å². The molecule has 0 aromatic carbocycles. The predicted molar refractivity (Wildman–Crippen MR) is 155 cm³/mol. The number of hydrogen-bond donors (Lipinski definition) is 2. The lowest BCUT2D eigenvalue weighted by Crippen LogP contribution is -2.36. The molecule has 200 valence electrons. The molecule has 2 aliphatic heterocycles. The molecule has 4 heteroatoms. The van der Waals surface area contributed by atoms with Gasteiger partial charge in [0.1, 0.15) is 0 Å². The van der Waals surface area contributed by atoms with Crippen LogP contribution < -0.4 is 10.6 Å². The van der Waals surface area contributed by atoms with Crippen molar-refractivity contribution < 1.29 is 0 Å². The second-order valence-corrected chi connectivity index (χ2v) is 12.1. The minimum atomic E-state index is 0.106. The molecule has 0 aromatic rings. The summed E-state index contributed by atoms with van der Waals surface area (Å²) < 4.78 is 0. The summed E-state index contributed by atoms with van der Waals surface area (Å²) in [4.78, 5) is 2.70. The SMILES string of the molecule is N#CC1C=C(C2C=CC(N(C3=CCC(C4C=CNCC4)CC3)C3C=CC(C4=CCNC4)CC3)=CC2)CCC1. The van der Waals surface area contributed by atoms with E-state index in [0.29, 0.717) is 17.9 Å². The van der Waals surface area contributed by atoms with Crippen LogP contribution in [0, 0.1) is 40.9 Å². The molecule has 0 saturated carbocycles. The quantitative estimate of drug-likeness (QED) is 0.394. The van der Waals surface area contributed by atoms with Crippen molar-refractivity contribution in [3.05, 3.63) is 83.4 Å². The summed E-state index contributed by atoms with van der Waals surface area (Å²) in [5.41, 5.74) is 5.98. The zero-order valence-corrected chi connectivity index (χ0v) is 22.8. The van der Waals surface area contributed by atoms with Crippen LogP contribution in [0.5, 0.6) is 0 Å². The summed E-state index contributed by atoms with van der Waals surface area (Å²) in [6.45, 7) is 3.20.